The lowest BCUT2D eigenvalue weighted by atomic mass is 9.68. The molecule has 2 heteroatoms. The molecule has 0 N–H and O–H groups in total. The molecule has 0 bridgehead atoms. The van der Waals surface area contributed by atoms with E-state index in [2.05, 4.69) is 13.0 Å². The predicted octanol–water partition coefficient (Wildman–Crippen LogP) is 8.39. The fourth-order valence-electron chi connectivity index (χ4n) is 5.90. The number of hydrogen-bond acceptors (Lipinski definition) is 0. The quantitative estimate of drug-likeness (QED) is 0.485. The van der Waals surface area contributed by atoms with Gasteiger partial charge in [-0.1, -0.05) is 63.3 Å². The van der Waals surface area contributed by atoms with Gasteiger partial charge in [-0.2, -0.15) is 0 Å². The minimum atomic E-state index is -0.759. The van der Waals surface area contributed by atoms with Crippen LogP contribution >= 0.6 is 0 Å². The van der Waals surface area contributed by atoms with E-state index >= 15 is 0 Å². The van der Waals surface area contributed by atoms with E-state index in [0.29, 0.717) is 11.3 Å². The van der Waals surface area contributed by atoms with Crippen molar-refractivity contribution < 1.29 is 8.78 Å². The standard InChI is InChI=1S/C26H34F2/c1-2-3-4-18-5-7-19(8-6-18)20-9-11-21(12-10-20)22-13-15-24-23(17-22)14-16-25(27)26(24)28/h13-21H,2-12H2,1H3. The smallest absolute Gasteiger partial charge is 0.166 e. The number of rotatable bonds is 5. The minimum absolute atomic E-state index is 0.400. The largest absolute Gasteiger partial charge is 0.204 e. The topological polar surface area (TPSA) is 0 Å². The van der Waals surface area contributed by atoms with Gasteiger partial charge < -0.3 is 0 Å². The normalized spacial score (nSPS) is 28.5. The van der Waals surface area contributed by atoms with E-state index in [-0.39, 0.29) is 0 Å². The van der Waals surface area contributed by atoms with E-state index in [1.165, 1.54) is 82.3 Å². The first-order valence-corrected chi connectivity index (χ1v) is 11.5. The molecule has 0 radical (unpaired) electrons. The van der Waals surface area contributed by atoms with Gasteiger partial charge in [0.15, 0.2) is 11.6 Å². The summed E-state index contributed by atoms with van der Waals surface area (Å²) < 4.78 is 27.4. The molecule has 0 aliphatic heterocycles. The molecule has 2 aliphatic rings. The van der Waals surface area contributed by atoms with Crippen LogP contribution in [0, 0.1) is 29.4 Å². The highest BCUT2D eigenvalue weighted by atomic mass is 19.2. The Labute approximate surface area is 168 Å². The Morgan fingerprint density at radius 3 is 2.18 bits per heavy atom. The number of hydrogen-bond donors (Lipinski definition) is 0. The fourth-order valence-corrected chi connectivity index (χ4v) is 5.90. The number of benzene rings is 2. The lowest BCUT2D eigenvalue weighted by Gasteiger charge is -2.38. The molecule has 2 aromatic rings. The Kier molecular flexibility index (Phi) is 6.33. The summed E-state index contributed by atoms with van der Waals surface area (Å²) in [5, 5.41) is 1.22. The Morgan fingerprint density at radius 2 is 1.50 bits per heavy atom. The molecule has 0 aromatic heterocycles. The second-order valence-electron chi connectivity index (χ2n) is 9.38. The van der Waals surface area contributed by atoms with Gasteiger partial charge in [0.05, 0.1) is 0 Å². The van der Waals surface area contributed by atoms with Gasteiger partial charge in [-0.3, -0.25) is 0 Å². The summed E-state index contributed by atoms with van der Waals surface area (Å²) in [6.07, 6.45) is 15.2. The molecule has 0 heterocycles. The molecule has 2 saturated carbocycles. The van der Waals surface area contributed by atoms with E-state index in [4.69, 9.17) is 0 Å². The summed E-state index contributed by atoms with van der Waals surface area (Å²) in [5.41, 5.74) is 1.31. The molecule has 0 spiro atoms. The highest BCUT2D eigenvalue weighted by Crippen LogP contribution is 2.44. The summed E-state index contributed by atoms with van der Waals surface area (Å²) in [7, 11) is 0. The number of fused-ring (bicyclic) bond motifs is 1. The van der Waals surface area contributed by atoms with E-state index < -0.39 is 11.6 Å². The van der Waals surface area contributed by atoms with Crippen LogP contribution in [0.15, 0.2) is 30.3 Å². The Hall–Kier alpha value is -1.44. The first-order chi connectivity index (χ1) is 13.7. The molecule has 0 amide bonds. The number of unbranched alkanes of at least 4 members (excludes halogenated alkanes) is 1. The van der Waals surface area contributed by atoms with Gasteiger partial charge in [-0.25, -0.2) is 8.78 Å². The third kappa shape index (κ3) is 4.26. The fraction of sp³-hybridized carbons (Fsp3) is 0.615. The second-order valence-corrected chi connectivity index (χ2v) is 9.38. The van der Waals surface area contributed by atoms with E-state index in [1.807, 2.05) is 6.07 Å². The zero-order chi connectivity index (χ0) is 19.5. The molecule has 2 aliphatic carbocycles. The predicted molar refractivity (Wildman–Crippen MR) is 114 cm³/mol. The van der Waals surface area contributed by atoms with Crippen LogP contribution in [-0.4, -0.2) is 0 Å². The summed E-state index contributed by atoms with van der Waals surface area (Å²) >= 11 is 0. The van der Waals surface area contributed by atoms with Crippen LogP contribution in [0.3, 0.4) is 0 Å². The lowest BCUT2D eigenvalue weighted by molar-refractivity contribution is 0.156. The van der Waals surface area contributed by atoms with Gasteiger partial charge in [0, 0.05) is 5.39 Å². The van der Waals surface area contributed by atoms with Crippen molar-refractivity contribution in [3.63, 3.8) is 0 Å². The average molecular weight is 385 g/mol. The van der Waals surface area contributed by atoms with Crippen molar-refractivity contribution in [1.29, 1.82) is 0 Å². The van der Waals surface area contributed by atoms with Gasteiger partial charge in [-0.15, -0.1) is 0 Å². The average Bonchev–Trinajstić information content (AvgIpc) is 2.75. The summed E-state index contributed by atoms with van der Waals surface area (Å²) in [6, 6.07) is 8.83. The van der Waals surface area contributed by atoms with Crippen molar-refractivity contribution in [2.24, 2.45) is 17.8 Å². The molecule has 0 unspecified atom stereocenters. The molecule has 2 fully saturated rings. The Balaban J connectivity index is 1.33. The van der Waals surface area contributed by atoms with Crippen molar-refractivity contribution in [3.05, 3.63) is 47.5 Å². The van der Waals surface area contributed by atoms with Crippen LogP contribution in [0.2, 0.25) is 0 Å². The van der Waals surface area contributed by atoms with Gasteiger partial charge in [-0.05, 0) is 79.2 Å². The van der Waals surface area contributed by atoms with Crippen molar-refractivity contribution in [1.82, 2.24) is 0 Å². The monoisotopic (exact) mass is 384 g/mol. The highest BCUT2D eigenvalue weighted by molar-refractivity contribution is 5.84. The van der Waals surface area contributed by atoms with Crippen LogP contribution in [-0.2, 0) is 0 Å². The molecule has 0 saturated heterocycles. The van der Waals surface area contributed by atoms with Crippen molar-refractivity contribution >= 4 is 10.8 Å². The van der Waals surface area contributed by atoms with Gasteiger partial charge in [0.1, 0.15) is 0 Å². The second kappa shape index (κ2) is 8.93. The van der Waals surface area contributed by atoms with Crippen molar-refractivity contribution in [2.75, 3.05) is 0 Å². The van der Waals surface area contributed by atoms with Crippen molar-refractivity contribution in [2.45, 2.75) is 83.5 Å². The van der Waals surface area contributed by atoms with Crippen LogP contribution < -0.4 is 0 Å². The third-order valence-corrected chi connectivity index (χ3v) is 7.70. The summed E-state index contributed by atoms with van der Waals surface area (Å²) in [5.74, 6) is 1.96. The maximum atomic E-state index is 14.0. The lowest BCUT2D eigenvalue weighted by Crippen LogP contribution is -2.25. The van der Waals surface area contributed by atoms with Gasteiger partial charge >= 0.3 is 0 Å². The number of halogens is 2. The molecule has 152 valence electrons. The molecule has 0 atom stereocenters. The first-order valence-electron chi connectivity index (χ1n) is 11.5. The van der Waals surface area contributed by atoms with Crippen molar-refractivity contribution in [3.8, 4) is 0 Å². The molecule has 2 aromatic carbocycles. The molecule has 28 heavy (non-hydrogen) atoms. The first kappa shape index (κ1) is 19.9. The third-order valence-electron chi connectivity index (χ3n) is 7.70. The SMILES string of the molecule is CCCCC1CCC(C2CCC(c3ccc4c(F)c(F)ccc4c3)CC2)CC1. The van der Waals surface area contributed by atoms with Crippen LogP contribution in [0.25, 0.3) is 10.8 Å². The van der Waals surface area contributed by atoms with Crippen LogP contribution in [0.4, 0.5) is 8.78 Å². The highest BCUT2D eigenvalue weighted by Gasteiger charge is 2.31. The van der Waals surface area contributed by atoms with Gasteiger partial charge in [0.25, 0.3) is 0 Å². The maximum absolute atomic E-state index is 14.0. The maximum Gasteiger partial charge on any atom is 0.166 e. The van der Waals surface area contributed by atoms with E-state index in [1.54, 1.807) is 12.1 Å². The zero-order valence-corrected chi connectivity index (χ0v) is 17.2. The molecular weight excluding hydrogens is 350 g/mol. The Bertz CT molecular complexity index is 780. The summed E-state index contributed by atoms with van der Waals surface area (Å²) in [6.45, 7) is 2.30. The van der Waals surface area contributed by atoms with Crippen LogP contribution in [0.5, 0.6) is 0 Å². The van der Waals surface area contributed by atoms with Gasteiger partial charge in [0.2, 0.25) is 0 Å². The molecule has 0 nitrogen and oxygen atoms in total. The van der Waals surface area contributed by atoms with E-state index in [0.717, 1.165) is 23.1 Å². The minimum Gasteiger partial charge on any atom is -0.204 e. The summed E-state index contributed by atoms with van der Waals surface area (Å²) in [4.78, 5) is 0. The molecular formula is C26H34F2. The Morgan fingerprint density at radius 1 is 0.821 bits per heavy atom. The van der Waals surface area contributed by atoms with Crippen LogP contribution in [0.1, 0.15) is 89.0 Å². The molecule has 4 rings (SSSR count). The zero-order valence-electron chi connectivity index (χ0n) is 17.2. The van der Waals surface area contributed by atoms with E-state index in [9.17, 15) is 8.78 Å².